The van der Waals surface area contributed by atoms with E-state index in [1.54, 1.807) is 12.1 Å². The van der Waals surface area contributed by atoms with Crippen LogP contribution in [-0.2, 0) is 4.79 Å². The molecule has 3 saturated carbocycles. The van der Waals surface area contributed by atoms with E-state index in [1.807, 2.05) is 0 Å². The molecule has 0 radical (unpaired) electrons. The molecule has 0 unspecified atom stereocenters. The third-order valence-corrected chi connectivity index (χ3v) is 11.3. The maximum Gasteiger partial charge on any atom is 0.335 e. The number of anilines is 1. The van der Waals surface area contributed by atoms with Gasteiger partial charge < -0.3 is 20.8 Å². The highest BCUT2D eigenvalue weighted by atomic mass is 16.4. The molecule has 0 bridgehead atoms. The largest absolute Gasteiger partial charge is 0.478 e. The Balaban J connectivity index is 1.21. The van der Waals surface area contributed by atoms with Gasteiger partial charge in [-0.05, 0) is 129 Å². The van der Waals surface area contributed by atoms with Crippen LogP contribution in [0.5, 0.6) is 0 Å². The fourth-order valence-electron chi connectivity index (χ4n) is 9.32. The zero-order valence-corrected chi connectivity index (χ0v) is 22.1. The fraction of sp³-hybridized carbons (Fsp3) is 0.733. The van der Waals surface area contributed by atoms with Crippen molar-refractivity contribution in [3.8, 4) is 0 Å². The first-order chi connectivity index (χ1) is 17.1. The van der Waals surface area contributed by atoms with E-state index in [-0.39, 0.29) is 23.0 Å². The van der Waals surface area contributed by atoms with E-state index in [4.69, 9.17) is 5.11 Å². The molecule has 9 atom stereocenters. The maximum atomic E-state index is 12.6. The van der Waals surface area contributed by atoms with Gasteiger partial charge in [0.2, 0.25) is 5.91 Å². The van der Waals surface area contributed by atoms with Gasteiger partial charge in [0.05, 0.1) is 11.7 Å². The number of nitrogens with one attached hydrogen (secondary N) is 2. The molecule has 4 aliphatic rings. The number of aromatic carboxylic acids is 1. The average Bonchev–Trinajstić information content (AvgIpc) is 3.20. The van der Waals surface area contributed by atoms with E-state index in [2.05, 4.69) is 31.4 Å². The molecule has 5 rings (SSSR count). The van der Waals surface area contributed by atoms with Gasteiger partial charge in [0.1, 0.15) is 0 Å². The first-order valence-electron chi connectivity index (χ1n) is 14.2. The Hall–Kier alpha value is -1.92. The van der Waals surface area contributed by atoms with Crippen LogP contribution >= 0.6 is 0 Å². The van der Waals surface area contributed by atoms with Crippen LogP contribution in [0, 0.1) is 46.3 Å². The van der Waals surface area contributed by atoms with Crippen molar-refractivity contribution in [3.63, 3.8) is 0 Å². The number of carbonyl (C=O) groups is 2. The maximum absolute atomic E-state index is 12.6. The number of aliphatic hydroxyl groups is 1. The van der Waals surface area contributed by atoms with E-state index in [0.717, 1.165) is 25.9 Å². The smallest absolute Gasteiger partial charge is 0.335 e. The summed E-state index contributed by atoms with van der Waals surface area (Å²) in [5, 5.41) is 26.9. The number of carbonyl (C=O) groups excluding carboxylic acids is 1. The molecule has 1 heterocycles. The molecule has 36 heavy (non-hydrogen) atoms. The number of benzene rings is 1. The van der Waals surface area contributed by atoms with Gasteiger partial charge in [-0.1, -0.05) is 20.8 Å². The van der Waals surface area contributed by atoms with Gasteiger partial charge in [-0.3, -0.25) is 4.79 Å². The number of hydrogen-bond donors (Lipinski definition) is 4. The third-order valence-electron chi connectivity index (χ3n) is 11.3. The number of carboxylic acid groups (broad SMARTS) is 1. The Morgan fingerprint density at radius 2 is 1.81 bits per heavy atom. The molecule has 1 aliphatic heterocycles. The van der Waals surface area contributed by atoms with Crippen LogP contribution in [0.15, 0.2) is 24.3 Å². The van der Waals surface area contributed by atoms with Gasteiger partial charge in [-0.2, -0.15) is 0 Å². The molecule has 4 fully saturated rings. The van der Waals surface area contributed by atoms with Crippen LogP contribution in [0.3, 0.4) is 0 Å². The molecular formula is C30H44N2O4. The summed E-state index contributed by atoms with van der Waals surface area (Å²) in [5.74, 6) is 2.33. The summed E-state index contributed by atoms with van der Waals surface area (Å²) in [7, 11) is 0. The summed E-state index contributed by atoms with van der Waals surface area (Å²) in [6, 6.07) is 6.33. The van der Waals surface area contributed by atoms with Crippen molar-refractivity contribution >= 4 is 17.6 Å². The lowest BCUT2D eigenvalue weighted by atomic mass is 9.45. The number of hydrogen-bond acceptors (Lipinski definition) is 4. The summed E-state index contributed by atoms with van der Waals surface area (Å²) in [4.78, 5) is 23.7. The number of aliphatic hydroxyl groups excluding tert-OH is 1. The predicted molar refractivity (Wildman–Crippen MR) is 141 cm³/mol. The van der Waals surface area contributed by atoms with Crippen molar-refractivity contribution < 1.29 is 19.8 Å². The minimum Gasteiger partial charge on any atom is -0.478 e. The van der Waals surface area contributed by atoms with Crippen LogP contribution in [0.1, 0.15) is 82.5 Å². The highest BCUT2D eigenvalue weighted by molar-refractivity contribution is 5.92. The molecule has 6 heteroatoms. The van der Waals surface area contributed by atoms with E-state index >= 15 is 0 Å². The lowest BCUT2D eigenvalue weighted by molar-refractivity contribution is -0.161. The van der Waals surface area contributed by atoms with E-state index in [9.17, 15) is 14.7 Å². The second-order valence-corrected chi connectivity index (χ2v) is 12.9. The number of carboxylic acids is 1. The van der Waals surface area contributed by atoms with Crippen molar-refractivity contribution in [1.29, 1.82) is 0 Å². The van der Waals surface area contributed by atoms with Gasteiger partial charge >= 0.3 is 5.97 Å². The van der Waals surface area contributed by atoms with Crippen LogP contribution in [0.2, 0.25) is 0 Å². The minimum atomic E-state index is -0.968. The molecule has 0 spiro atoms. The second kappa shape index (κ2) is 9.75. The fourth-order valence-corrected chi connectivity index (χ4v) is 9.32. The topological polar surface area (TPSA) is 98.7 Å². The SMILES string of the molecule is C[C@H](CCC(=O)Nc1ccc(C(=O)O)cc1)[C@H]1CC[C@H]2[C@@H]3[C@@H](O)C[C@@H]4CNCC[C@]4(C)[C@H]3CC[C@]12C. The molecule has 1 saturated heterocycles. The van der Waals surface area contributed by atoms with E-state index in [0.29, 0.717) is 53.0 Å². The quantitative estimate of drug-likeness (QED) is 0.435. The second-order valence-electron chi connectivity index (χ2n) is 12.9. The van der Waals surface area contributed by atoms with Gasteiger partial charge in [0.25, 0.3) is 0 Å². The standard InChI is InChI=1S/C30H44N2O4/c1-18(4-11-26(34)32-21-7-5-19(6-8-21)28(35)36)22-9-10-23-27-24(12-13-30(22,23)3)29(2)14-15-31-17-20(29)16-25(27)33/h5-8,18,20,22-25,27,31,33H,4,9-17H2,1-3H3,(H,32,34)(H,35,36)/t18-,20-,22-,23+,24+,25+,27+,29+,30-/m1/s1. The highest BCUT2D eigenvalue weighted by Gasteiger charge is 2.62. The third kappa shape index (κ3) is 4.38. The van der Waals surface area contributed by atoms with Crippen molar-refractivity contribution in [2.75, 3.05) is 18.4 Å². The van der Waals surface area contributed by atoms with Gasteiger partial charge in [0.15, 0.2) is 0 Å². The van der Waals surface area contributed by atoms with Crippen molar-refractivity contribution in [2.24, 2.45) is 46.3 Å². The minimum absolute atomic E-state index is 0.0130. The molecule has 6 nitrogen and oxygen atoms in total. The Morgan fingerprint density at radius 3 is 2.53 bits per heavy atom. The zero-order valence-electron chi connectivity index (χ0n) is 22.1. The van der Waals surface area contributed by atoms with Crippen molar-refractivity contribution in [2.45, 2.75) is 78.2 Å². The molecule has 4 N–H and O–H groups in total. The lowest BCUT2D eigenvalue weighted by Gasteiger charge is -2.62. The molecule has 0 aromatic heterocycles. The first kappa shape index (κ1) is 25.7. The number of rotatable bonds is 6. The number of amides is 1. The summed E-state index contributed by atoms with van der Waals surface area (Å²) in [6.07, 6.45) is 8.24. The molecule has 198 valence electrons. The Labute approximate surface area is 215 Å². The summed E-state index contributed by atoms with van der Waals surface area (Å²) >= 11 is 0. The monoisotopic (exact) mass is 496 g/mol. The first-order valence-corrected chi connectivity index (χ1v) is 14.2. The van der Waals surface area contributed by atoms with E-state index < -0.39 is 5.97 Å². The lowest BCUT2D eigenvalue weighted by Crippen LogP contribution is -2.60. The van der Waals surface area contributed by atoms with Crippen molar-refractivity contribution in [3.05, 3.63) is 29.8 Å². The molecule has 1 aromatic carbocycles. The van der Waals surface area contributed by atoms with Crippen LogP contribution in [0.4, 0.5) is 5.69 Å². The van der Waals surface area contributed by atoms with Gasteiger partial charge in [-0.25, -0.2) is 4.79 Å². The Bertz CT molecular complexity index is 980. The normalized spacial score (nSPS) is 40.4. The average molecular weight is 497 g/mol. The van der Waals surface area contributed by atoms with Gasteiger partial charge in [0, 0.05) is 12.1 Å². The summed E-state index contributed by atoms with van der Waals surface area (Å²) in [5.41, 5.74) is 1.47. The highest BCUT2D eigenvalue weighted by Crippen LogP contribution is 2.67. The molecule has 3 aliphatic carbocycles. The molecule has 1 aromatic rings. The Kier molecular flexibility index (Phi) is 6.97. The van der Waals surface area contributed by atoms with Crippen LogP contribution in [0.25, 0.3) is 0 Å². The molecule has 1 amide bonds. The van der Waals surface area contributed by atoms with Crippen molar-refractivity contribution in [1.82, 2.24) is 5.32 Å². The predicted octanol–water partition coefficient (Wildman–Crippen LogP) is 5.18. The van der Waals surface area contributed by atoms with Gasteiger partial charge in [-0.15, -0.1) is 0 Å². The summed E-state index contributed by atoms with van der Waals surface area (Å²) in [6.45, 7) is 9.51. The zero-order chi connectivity index (χ0) is 25.7. The number of piperidine rings is 1. The summed E-state index contributed by atoms with van der Waals surface area (Å²) < 4.78 is 0. The van der Waals surface area contributed by atoms with Crippen LogP contribution in [-0.4, -0.2) is 41.3 Å². The van der Waals surface area contributed by atoms with E-state index in [1.165, 1.54) is 44.2 Å². The Morgan fingerprint density at radius 1 is 1.08 bits per heavy atom. The van der Waals surface area contributed by atoms with Crippen LogP contribution < -0.4 is 10.6 Å². The molecular weight excluding hydrogens is 452 g/mol. The number of fused-ring (bicyclic) bond motifs is 5.